The van der Waals surface area contributed by atoms with Crippen LogP contribution in [-0.2, 0) is 0 Å². The maximum atomic E-state index is 5.02. The van der Waals surface area contributed by atoms with Crippen molar-refractivity contribution in [1.82, 2.24) is 29.1 Å². The molecule has 0 radical (unpaired) electrons. The first kappa shape index (κ1) is 31.8. The molecule has 0 bridgehead atoms. The maximum Gasteiger partial charge on any atom is 0.164 e. The Morgan fingerprint density at radius 1 is 0.304 bits per heavy atom. The van der Waals surface area contributed by atoms with E-state index in [9.17, 15) is 0 Å². The second-order valence-electron chi connectivity index (χ2n) is 13.9. The normalized spacial score (nSPS) is 11.6. The van der Waals surface area contributed by atoms with Crippen LogP contribution in [0.1, 0.15) is 0 Å². The molecule has 0 amide bonds. The monoisotopic (exact) mass is 716 g/mol. The van der Waals surface area contributed by atoms with E-state index in [1.807, 2.05) is 72.9 Å². The summed E-state index contributed by atoms with van der Waals surface area (Å²) in [5.41, 5.74) is 12.6. The van der Waals surface area contributed by atoms with Gasteiger partial charge in [-0.1, -0.05) is 127 Å². The summed E-state index contributed by atoms with van der Waals surface area (Å²) in [6, 6.07) is 65.6. The first-order valence-corrected chi connectivity index (χ1v) is 18.7. The highest BCUT2D eigenvalue weighted by atomic mass is 15.0. The van der Waals surface area contributed by atoms with Crippen LogP contribution in [-0.4, -0.2) is 29.1 Å². The molecule has 4 aromatic heterocycles. The fourth-order valence-electron chi connectivity index (χ4n) is 8.02. The van der Waals surface area contributed by atoms with Gasteiger partial charge in [0, 0.05) is 50.4 Å². The van der Waals surface area contributed by atoms with Gasteiger partial charge in [-0.05, 0) is 71.8 Å². The van der Waals surface area contributed by atoms with Gasteiger partial charge >= 0.3 is 0 Å². The molecule has 7 aromatic carbocycles. The summed E-state index contributed by atoms with van der Waals surface area (Å²) in [4.78, 5) is 19.8. The summed E-state index contributed by atoms with van der Waals surface area (Å²) < 4.78 is 4.67. The van der Waals surface area contributed by atoms with Gasteiger partial charge in [0.1, 0.15) is 0 Å². The summed E-state index contributed by atoms with van der Waals surface area (Å²) in [6.45, 7) is 0. The summed E-state index contributed by atoms with van der Waals surface area (Å²) in [5, 5.41) is 3.56. The summed E-state index contributed by atoms with van der Waals surface area (Å²) in [5.74, 6) is 1.88. The zero-order chi connectivity index (χ0) is 37.0. The first-order valence-electron chi connectivity index (χ1n) is 18.7. The van der Waals surface area contributed by atoms with Crippen LogP contribution in [0.25, 0.3) is 100 Å². The average Bonchev–Trinajstić information content (AvgIpc) is 3.79. The number of benzene rings is 7. The molecule has 6 heteroatoms. The lowest BCUT2D eigenvalue weighted by Crippen LogP contribution is -2.01. The zero-order valence-electron chi connectivity index (χ0n) is 30.2. The Morgan fingerprint density at radius 3 is 1.50 bits per heavy atom. The van der Waals surface area contributed by atoms with Crippen LogP contribution >= 0.6 is 0 Å². The smallest absolute Gasteiger partial charge is 0.164 e. The van der Waals surface area contributed by atoms with E-state index in [-0.39, 0.29) is 0 Å². The zero-order valence-corrected chi connectivity index (χ0v) is 30.2. The van der Waals surface area contributed by atoms with E-state index < -0.39 is 0 Å². The summed E-state index contributed by atoms with van der Waals surface area (Å²) >= 11 is 0. The number of pyridine rings is 1. The molecular weight excluding hydrogens is 685 g/mol. The van der Waals surface area contributed by atoms with E-state index in [0.717, 1.165) is 61.1 Å². The molecule has 6 nitrogen and oxygen atoms in total. The highest BCUT2D eigenvalue weighted by Gasteiger charge is 2.18. The van der Waals surface area contributed by atoms with Gasteiger partial charge in [0.2, 0.25) is 0 Å². The molecule has 0 atom stereocenters. The highest BCUT2D eigenvalue weighted by molar-refractivity contribution is 6.11. The third-order valence-corrected chi connectivity index (χ3v) is 10.6. The van der Waals surface area contributed by atoms with E-state index in [0.29, 0.717) is 17.5 Å². The van der Waals surface area contributed by atoms with Gasteiger partial charge in [-0.2, -0.15) is 0 Å². The van der Waals surface area contributed by atoms with Crippen molar-refractivity contribution >= 4 is 43.7 Å². The molecule has 4 heterocycles. The van der Waals surface area contributed by atoms with Crippen molar-refractivity contribution < 1.29 is 0 Å². The van der Waals surface area contributed by atoms with Gasteiger partial charge in [-0.25, -0.2) is 15.0 Å². The molecule has 0 aliphatic carbocycles. The van der Waals surface area contributed by atoms with Crippen molar-refractivity contribution in [2.75, 3.05) is 0 Å². The molecule has 11 aromatic rings. The van der Waals surface area contributed by atoms with Crippen LogP contribution in [0.2, 0.25) is 0 Å². The Morgan fingerprint density at radius 2 is 0.804 bits per heavy atom. The highest BCUT2D eigenvalue weighted by Crippen LogP contribution is 2.38. The van der Waals surface area contributed by atoms with Crippen molar-refractivity contribution in [1.29, 1.82) is 0 Å². The van der Waals surface area contributed by atoms with E-state index >= 15 is 0 Å². The largest absolute Gasteiger partial charge is 0.309 e. The molecule has 0 saturated heterocycles. The Bertz CT molecular complexity index is 3180. The van der Waals surface area contributed by atoms with Gasteiger partial charge in [0.05, 0.1) is 27.6 Å². The van der Waals surface area contributed by atoms with E-state index in [1.165, 1.54) is 21.8 Å². The molecule has 56 heavy (non-hydrogen) atoms. The van der Waals surface area contributed by atoms with E-state index in [4.69, 9.17) is 19.9 Å². The van der Waals surface area contributed by atoms with E-state index in [2.05, 4.69) is 130 Å². The van der Waals surface area contributed by atoms with Gasteiger partial charge in [-0.15, -0.1) is 0 Å². The molecule has 0 unspecified atom stereocenters. The number of hydrogen-bond acceptors (Lipinski definition) is 4. The number of para-hydroxylation sites is 2. The predicted molar refractivity (Wildman–Crippen MR) is 228 cm³/mol. The molecule has 0 fully saturated rings. The van der Waals surface area contributed by atoms with Crippen molar-refractivity contribution in [3.8, 4) is 56.7 Å². The van der Waals surface area contributed by atoms with Gasteiger partial charge < -0.3 is 9.13 Å². The Balaban J connectivity index is 1.08. The van der Waals surface area contributed by atoms with Crippen molar-refractivity contribution in [3.63, 3.8) is 0 Å². The average molecular weight is 717 g/mol. The molecule has 11 rings (SSSR count). The molecule has 0 N–H and O–H groups in total. The second kappa shape index (κ2) is 13.0. The minimum Gasteiger partial charge on any atom is -0.309 e. The lowest BCUT2D eigenvalue weighted by atomic mass is 10.0. The fraction of sp³-hybridized carbons (Fsp3) is 0. The quantitative estimate of drug-likeness (QED) is 0.172. The first-order chi connectivity index (χ1) is 27.8. The molecular formula is C50H32N6. The SMILES string of the molecule is c1ccc(-c2nc(-c3ccccc3)nc(-c3cccc(-n4c5cc(-c6ccc7c8ccccc8n(-c8ccccc8)c7c6)ccc5c5ncccc54)c3)n2)cc1. The van der Waals surface area contributed by atoms with E-state index in [1.54, 1.807) is 0 Å². The van der Waals surface area contributed by atoms with Crippen LogP contribution < -0.4 is 0 Å². The standard InChI is InChI=1S/C50H32N6/c1-4-14-33(15-5-1)48-52-49(34-16-6-2-7-17-34)54-50(53-48)37-18-12-21-39(30-37)56-44-24-13-29-51-47(44)42-28-26-36(32-46(42)56)35-25-27-41-40-22-10-11-23-43(40)55(45(41)31-35)38-19-8-3-9-20-38/h1-32H. The Hall–Kier alpha value is -7.70. The molecule has 0 aliphatic rings. The summed E-state index contributed by atoms with van der Waals surface area (Å²) in [7, 11) is 0. The number of aromatic nitrogens is 6. The predicted octanol–water partition coefficient (Wildman–Crippen LogP) is 12.1. The van der Waals surface area contributed by atoms with Crippen molar-refractivity contribution in [3.05, 3.63) is 194 Å². The van der Waals surface area contributed by atoms with Gasteiger partial charge in [0.15, 0.2) is 17.5 Å². The third-order valence-electron chi connectivity index (χ3n) is 10.6. The van der Waals surface area contributed by atoms with Crippen LogP contribution in [0, 0.1) is 0 Å². The fourth-order valence-corrected chi connectivity index (χ4v) is 8.02. The van der Waals surface area contributed by atoms with Gasteiger partial charge in [0.25, 0.3) is 0 Å². The maximum absolute atomic E-state index is 5.02. The minimum atomic E-state index is 0.612. The Kier molecular flexibility index (Phi) is 7.38. The van der Waals surface area contributed by atoms with Crippen molar-refractivity contribution in [2.45, 2.75) is 0 Å². The number of nitrogens with zero attached hydrogens (tertiary/aromatic N) is 6. The number of fused-ring (bicyclic) bond motifs is 6. The summed E-state index contributed by atoms with van der Waals surface area (Å²) in [6.07, 6.45) is 1.87. The topological polar surface area (TPSA) is 61.4 Å². The van der Waals surface area contributed by atoms with Crippen LogP contribution in [0.5, 0.6) is 0 Å². The minimum absolute atomic E-state index is 0.612. The van der Waals surface area contributed by atoms with Crippen LogP contribution in [0.4, 0.5) is 0 Å². The van der Waals surface area contributed by atoms with Crippen molar-refractivity contribution in [2.24, 2.45) is 0 Å². The molecule has 0 saturated carbocycles. The van der Waals surface area contributed by atoms with Crippen LogP contribution in [0.3, 0.4) is 0 Å². The molecule has 0 aliphatic heterocycles. The van der Waals surface area contributed by atoms with Crippen LogP contribution in [0.15, 0.2) is 194 Å². The number of rotatable bonds is 6. The molecule has 262 valence electrons. The lowest BCUT2D eigenvalue weighted by Gasteiger charge is -2.12. The Labute approximate surface area is 322 Å². The molecule has 0 spiro atoms. The lowest BCUT2D eigenvalue weighted by molar-refractivity contribution is 1.07. The third kappa shape index (κ3) is 5.27. The van der Waals surface area contributed by atoms with Gasteiger partial charge in [-0.3, -0.25) is 4.98 Å². The number of hydrogen-bond donors (Lipinski definition) is 0. The second-order valence-corrected chi connectivity index (χ2v) is 13.9.